The Hall–Kier alpha value is -2.88. The molecular formula is C18H13F2NO. The molecule has 3 rings (SSSR count). The lowest BCUT2D eigenvalue weighted by Gasteiger charge is -2.07. The van der Waals surface area contributed by atoms with Gasteiger partial charge in [-0.3, -0.25) is 0 Å². The maximum absolute atomic E-state index is 13.2. The summed E-state index contributed by atoms with van der Waals surface area (Å²) in [6.07, 6.45) is 5.01. The van der Waals surface area contributed by atoms with E-state index >= 15 is 0 Å². The fourth-order valence-corrected chi connectivity index (χ4v) is 2.22. The standard InChI is InChI=1S/C18H13F2NO/c1-2-15(21-16-9-13(19)8-14(20)10-16)7-12-11-22-18-6-4-3-5-17(12)18/h2-11,21H,1H2/b15-7+. The molecule has 1 aromatic heterocycles. The Labute approximate surface area is 126 Å². The highest BCUT2D eigenvalue weighted by molar-refractivity contribution is 5.88. The highest BCUT2D eigenvalue weighted by Crippen LogP contribution is 2.24. The van der Waals surface area contributed by atoms with Gasteiger partial charge in [-0.1, -0.05) is 24.8 Å². The van der Waals surface area contributed by atoms with E-state index in [9.17, 15) is 8.78 Å². The molecule has 0 radical (unpaired) electrons. The third kappa shape index (κ3) is 2.91. The highest BCUT2D eigenvalue weighted by atomic mass is 19.1. The van der Waals surface area contributed by atoms with Gasteiger partial charge in [0.05, 0.1) is 6.26 Å². The molecule has 22 heavy (non-hydrogen) atoms. The monoisotopic (exact) mass is 297 g/mol. The zero-order valence-electron chi connectivity index (χ0n) is 11.6. The summed E-state index contributed by atoms with van der Waals surface area (Å²) >= 11 is 0. The first-order valence-corrected chi connectivity index (χ1v) is 6.69. The molecule has 0 fully saturated rings. The molecule has 0 bridgehead atoms. The van der Waals surface area contributed by atoms with Gasteiger partial charge < -0.3 is 9.73 Å². The van der Waals surface area contributed by atoms with Crippen molar-refractivity contribution < 1.29 is 13.2 Å². The minimum absolute atomic E-state index is 0.316. The summed E-state index contributed by atoms with van der Waals surface area (Å²) < 4.78 is 31.9. The average Bonchev–Trinajstić information content (AvgIpc) is 2.89. The molecule has 3 aromatic rings. The predicted molar refractivity (Wildman–Crippen MR) is 84.4 cm³/mol. The summed E-state index contributed by atoms with van der Waals surface area (Å²) in [5.41, 5.74) is 2.55. The smallest absolute Gasteiger partial charge is 0.134 e. The molecule has 0 spiro atoms. The Balaban J connectivity index is 1.95. The van der Waals surface area contributed by atoms with E-state index in [1.165, 1.54) is 12.1 Å². The molecule has 4 heteroatoms. The second-order valence-electron chi connectivity index (χ2n) is 4.77. The van der Waals surface area contributed by atoms with Crippen molar-refractivity contribution >= 4 is 22.7 Å². The number of hydrogen-bond acceptors (Lipinski definition) is 2. The van der Waals surface area contributed by atoms with Crippen molar-refractivity contribution in [2.24, 2.45) is 0 Å². The number of halogens is 2. The van der Waals surface area contributed by atoms with Crippen LogP contribution in [0.25, 0.3) is 17.0 Å². The summed E-state index contributed by atoms with van der Waals surface area (Å²) in [5.74, 6) is -1.28. The summed E-state index contributed by atoms with van der Waals surface area (Å²) in [5, 5.41) is 3.89. The van der Waals surface area contributed by atoms with E-state index in [4.69, 9.17) is 4.42 Å². The number of furan rings is 1. The first-order chi connectivity index (χ1) is 10.7. The van der Waals surface area contributed by atoms with Crippen molar-refractivity contribution in [3.8, 4) is 0 Å². The molecule has 0 unspecified atom stereocenters. The maximum Gasteiger partial charge on any atom is 0.134 e. The molecule has 0 saturated heterocycles. The molecule has 1 heterocycles. The molecule has 2 aromatic carbocycles. The molecule has 0 aliphatic rings. The van der Waals surface area contributed by atoms with Crippen LogP contribution < -0.4 is 5.32 Å². The van der Waals surface area contributed by atoms with Gasteiger partial charge >= 0.3 is 0 Å². The third-order valence-corrected chi connectivity index (χ3v) is 3.19. The van der Waals surface area contributed by atoms with Crippen LogP contribution in [-0.4, -0.2) is 0 Å². The maximum atomic E-state index is 13.2. The van der Waals surface area contributed by atoms with Crippen molar-refractivity contribution in [3.63, 3.8) is 0 Å². The quantitative estimate of drug-likeness (QED) is 0.657. The Morgan fingerprint density at radius 2 is 1.82 bits per heavy atom. The summed E-state index contributed by atoms with van der Waals surface area (Å²) in [4.78, 5) is 0. The van der Waals surface area contributed by atoms with Crippen LogP contribution in [0.5, 0.6) is 0 Å². The molecule has 0 aliphatic carbocycles. The first-order valence-electron chi connectivity index (χ1n) is 6.69. The van der Waals surface area contributed by atoms with Crippen molar-refractivity contribution in [2.45, 2.75) is 0 Å². The van der Waals surface area contributed by atoms with E-state index in [2.05, 4.69) is 11.9 Å². The normalized spacial score (nSPS) is 11.6. The van der Waals surface area contributed by atoms with Crippen molar-refractivity contribution in [3.05, 3.63) is 84.3 Å². The van der Waals surface area contributed by atoms with Gasteiger partial charge in [0.1, 0.15) is 17.2 Å². The highest BCUT2D eigenvalue weighted by Gasteiger charge is 2.05. The Morgan fingerprint density at radius 1 is 1.09 bits per heavy atom. The average molecular weight is 297 g/mol. The fourth-order valence-electron chi connectivity index (χ4n) is 2.22. The lowest BCUT2D eigenvalue weighted by Crippen LogP contribution is -1.97. The van der Waals surface area contributed by atoms with E-state index in [-0.39, 0.29) is 0 Å². The summed E-state index contributed by atoms with van der Waals surface area (Å²) in [6.45, 7) is 3.71. The number of fused-ring (bicyclic) bond motifs is 1. The van der Waals surface area contributed by atoms with E-state index in [0.717, 1.165) is 22.6 Å². The number of nitrogens with one attached hydrogen (secondary N) is 1. The summed E-state index contributed by atoms with van der Waals surface area (Å²) in [6, 6.07) is 10.9. The zero-order chi connectivity index (χ0) is 15.5. The summed E-state index contributed by atoms with van der Waals surface area (Å²) in [7, 11) is 0. The Kier molecular flexibility index (Phi) is 3.74. The Morgan fingerprint density at radius 3 is 2.55 bits per heavy atom. The number of hydrogen-bond donors (Lipinski definition) is 1. The van der Waals surface area contributed by atoms with Gasteiger partial charge in [-0.25, -0.2) is 8.78 Å². The molecule has 1 N–H and O–H groups in total. The molecule has 0 saturated carbocycles. The van der Waals surface area contributed by atoms with E-state index in [1.807, 2.05) is 30.3 Å². The number of anilines is 1. The topological polar surface area (TPSA) is 25.2 Å². The van der Waals surface area contributed by atoms with Crippen LogP contribution in [0.4, 0.5) is 14.5 Å². The number of benzene rings is 2. The fraction of sp³-hybridized carbons (Fsp3) is 0. The van der Waals surface area contributed by atoms with Gasteiger partial charge in [0.25, 0.3) is 0 Å². The van der Waals surface area contributed by atoms with E-state index in [1.54, 1.807) is 12.3 Å². The third-order valence-electron chi connectivity index (χ3n) is 3.19. The minimum Gasteiger partial charge on any atom is -0.464 e. The molecule has 0 atom stereocenters. The number of allylic oxidation sites excluding steroid dienone is 1. The second kappa shape index (κ2) is 5.85. The lowest BCUT2D eigenvalue weighted by atomic mass is 10.1. The predicted octanol–water partition coefficient (Wildman–Crippen LogP) is 5.35. The van der Waals surface area contributed by atoms with Gasteiger partial charge in [0.15, 0.2) is 0 Å². The van der Waals surface area contributed by atoms with Crippen LogP contribution >= 0.6 is 0 Å². The first kappa shape index (κ1) is 14.1. The van der Waals surface area contributed by atoms with Crippen LogP contribution in [0.2, 0.25) is 0 Å². The molecule has 0 aliphatic heterocycles. The largest absolute Gasteiger partial charge is 0.464 e. The van der Waals surface area contributed by atoms with Crippen molar-refractivity contribution in [2.75, 3.05) is 5.32 Å². The Bertz CT molecular complexity index is 844. The molecular weight excluding hydrogens is 284 g/mol. The van der Waals surface area contributed by atoms with Crippen LogP contribution in [0.15, 0.2) is 71.5 Å². The number of para-hydroxylation sites is 1. The van der Waals surface area contributed by atoms with Gasteiger partial charge in [-0.15, -0.1) is 0 Å². The van der Waals surface area contributed by atoms with Gasteiger partial charge in [0.2, 0.25) is 0 Å². The minimum atomic E-state index is -0.639. The van der Waals surface area contributed by atoms with Crippen LogP contribution in [0.3, 0.4) is 0 Å². The van der Waals surface area contributed by atoms with E-state index in [0.29, 0.717) is 11.4 Å². The molecule has 0 amide bonds. The second-order valence-corrected chi connectivity index (χ2v) is 4.77. The van der Waals surface area contributed by atoms with E-state index < -0.39 is 11.6 Å². The van der Waals surface area contributed by atoms with Crippen LogP contribution in [0, 0.1) is 11.6 Å². The van der Waals surface area contributed by atoms with Gasteiger partial charge in [0, 0.05) is 28.4 Å². The van der Waals surface area contributed by atoms with Crippen molar-refractivity contribution in [1.29, 1.82) is 0 Å². The van der Waals surface area contributed by atoms with Crippen LogP contribution in [0.1, 0.15) is 5.56 Å². The van der Waals surface area contributed by atoms with Gasteiger partial charge in [-0.2, -0.15) is 0 Å². The molecule has 2 nitrogen and oxygen atoms in total. The number of rotatable bonds is 4. The molecule has 110 valence electrons. The van der Waals surface area contributed by atoms with Crippen molar-refractivity contribution in [1.82, 2.24) is 0 Å². The SMILES string of the molecule is C=C/C(=C\c1coc2ccccc12)Nc1cc(F)cc(F)c1. The van der Waals surface area contributed by atoms with Gasteiger partial charge in [-0.05, 0) is 30.4 Å². The zero-order valence-corrected chi connectivity index (χ0v) is 11.6. The lowest BCUT2D eigenvalue weighted by molar-refractivity contribution is 0.584. The van der Waals surface area contributed by atoms with Crippen LogP contribution in [-0.2, 0) is 0 Å².